The first kappa shape index (κ1) is 15.8. The molecule has 0 unspecified atom stereocenters. The van der Waals surface area contributed by atoms with Crippen molar-refractivity contribution in [2.45, 2.75) is 23.8 Å². The molecule has 1 aliphatic rings. The van der Waals surface area contributed by atoms with E-state index in [1.165, 1.54) is 4.31 Å². The number of hydrogen-bond donors (Lipinski definition) is 1. The van der Waals surface area contributed by atoms with E-state index in [2.05, 4.69) is 15.9 Å². The van der Waals surface area contributed by atoms with Gasteiger partial charge in [0.2, 0.25) is 10.0 Å². The Hall–Kier alpha value is -0.630. The van der Waals surface area contributed by atoms with E-state index in [-0.39, 0.29) is 6.04 Å². The largest absolute Gasteiger partial charge is 0.378 e. The van der Waals surface area contributed by atoms with Crippen LogP contribution < -0.4 is 10.6 Å². The van der Waals surface area contributed by atoms with Gasteiger partial charge in [-0.3, -0.25) is 0 Å². The van der Waals surface area contributed by atoms with Crippen molar-refractivity contribution in [1.29, 1.82) is 0 Å². The Morgan fingerprint density at radius 3 is 2.45 bits per heavy atom. The van der Waals surface area contributed by atoms with Crippen LogP contribution in [0.15, 0.2) is 27.6 Å². The molecule has 1 aromatic rings. The summed E-state index contributed by atoms with van der Waals surface area (Å²) in [6.45, 7) is 0.976. The van der Waals surface area contributed by atoms with Gasteiger partial charge in [0.25, 0.3) is 0 Å². The van der Waals surface area contributed by atoms with Crippen LogP contribution in [0.4, 0.5) is 5.69 Å². The molecule has 112 valence electrons. The molecule has 2 rings (SSSR count). The van der Waals surface area contributed by atoms with Gasteiger partial charge in [-0.05, 0) is 47.0 Å². The number of sulfonamides is 1. The van der Waals surface area contributed by atoms with E-state index in [4.69, 9.17) is 5.73 Å². The fourth-order valence-electron chi connectivity index (χ4n) is 2.22. The molecule has 20 heavy (non-hydrogen) atoms. The highest BCUT2D eigenvalue weighted by atomic mass is 79.9. The van der Waals surface area contributed by atoms with E-state index in [1.54, 1.807) is 12.1 Å². The van der Waals surface area contributed by atoms with Gasteiger partial charge >= 0.3 is 0 Å². The Labute approximate surface area is 128 Å². The molecule has 1 aromatic carbocycles. The second kappa shape index (κ2) is 6.01. The quantitative estimate of drug-likeness (QED) is 0.888. The van der Waals surface area contributed by atoms with E-state index in [0.29, 0.717) is 35.3 Å². The summed E-state index contributed by atoms with van der Waals surface area (Å²) < 4.78 is 27.6. The molecular weight excluding hydrogens is 342 g/mol. The smallest absolute Gasteiger partial charge is 0.244 e. The summed E-state index contributed by atoms with van der Waals surface area (Å²) in [6, 6.07) is 5.47. The number of nitrogens with zero attached hydrogens (tertiary/aromatic N) is 2. The predicted molar refractivity (Wildman–Crippen MR) is 84.4 cm³/mol. The lowest BCUT2D eigenvalue weighted by molar-refractivity contribution is 0.320. The molecule has 0 aromatic heterocycles. The molecule has 0 spiro atoms. The van der Waals surface area contributed by atoms with Crippen molar-refractivity contribution in [3.63, 3.8) is 0 Å². The molecule has 0 saturated carbocycles. The summed E-state index contributed by atoms with van der Waals surface area (Å²) in [4.78, 5) is 2.21. The van der Waals surface area contributed by atoms with Crippen molar-refractivity contribution < 1.29 is 8.42 Å². The number of benzene rings is 1. The second-order valence-electron chi connectivity index (χ2n) is 5.25. The average molecular weight is 362 g/mol. The van der Waals surface area contributed by atoms with Crippen LogP contribution in [-0.2, 0) is 10.0 Å². The van der Waals surface area contributed by atoms with Crippen molar-refractivity contribution in [2.24, 2.45) is 5.73 Å². The van der Waals surface area contributed by atoms with Gasteiger partial charge in [0.1, 0.15) is 0 Å². The van der Waals surface area contributed by atoms with Gasteiger partial charge in [-0.25, -0.2) is 8.42 Å². The van der Waals surface area contributed by atoms with Crippen LogP contribution in [0, 0.1) is 0 Å². The molecule has 7 heteroatoms. The van der Waals surface area contributed by atoms with Crippen molar-refractivity contribution in [2.75, 3.05) is 32.1 Å². The molecule has 1 heterocycles. The molecule has 2 N–H and O–H groups in total. The van der Waals surface area contributed by atoms with Gasteiger partial charge in [0.05, 0.1) is 4.90 Å². The zero-order chi connectivity index (χ0) is 14.9. The normalized spacial score (nSPS) is 18.2. The highest BCUT2D eigenvalue weighted by Gasteiger charge is 2.30. The summed E-state index contributed by atoms with van der Waals surface area (Å²) in [5.74, 6) is 0. The summed E-state index contributed by atoms with van der Waals surface area (Å²) in [5.41, 5.74) is 6.70. The summed E-state index contributed by atoms with van der Waals surface area (Å²) in [7, 11) is 0.309. The fourth-order valence-corrected chi connectivity index (χ4v) is 4.64. The molecule has 0 atom stereocenters. The van der Waals surface area contributed by atoms with Crippen LogP contribution in [-0.4, -0.2) is 45.9 Å². The van der Waals surface area contributed by atoms with E-state index in [1.807, 2.05) is 25.1 Å². The lowest BCUT2D eigenvalue weighted by Crippen LogP contribution is -2.42. The minimum Gasteiger partial charge on any atom is -0.378 e. The van der Waals surface area contributed by atoms with Crippen LogP contribution in [0.2, 0.25) is 0 Å². The standard InChI is InChI=1S/C13H20BrN3O2S/c1-16(2)11-3-4-12(14)13(9-11)20(18,19)17-7-5-10(15)6-8-17/h3-4,9-10H,5-8,15H2,1-2H3. The summed E-state index contributed by atoms with van der Waals surface area (Å²) >= 11 is 3.34. The molecule has 5 nitrogen and oxygen atoms in total. The van der Waals surface area contributed by atoms with E-state index < -0.39 is 10.0 Å². The second-order valence-corrected chi connectivity index (χ2v) is 8.01. The molecule has 1 fully saturated rings. The van der Waals surface area contributed by atoms with Gasteiger partial charge in [-0.1, -0.05) is 0 Å². The van der Waals surface area contributed by atoms with Crippen LogP contribution >= 0.6 is 15.9 Å². The zero-order valence-corrected chi connectivity index (χ0v) is 14.1. The highest BCUT2D eigenvalue weighted by molar-refractivity contribution is 9.10. The Bertz CT molecular complexity index is 581. The van der Waals surface area contributed by atoms with Crippen LogP contribution in [0.25, 0.3) is 0 Å². The van der Waals surface area contributed by atoms with E-state index in [0.717, 1.165) is 5.69 Å². The van der Waals surface area contributed by atoms with Crippen LogP contribution in [0.3, 0.4) is 0 Å². The SMILES string of the molecule is CN(C)c1ccc(Br)c(S(=O)(=O)N2CCC(N)CC2)c1. The Balaban J connectivity index is 2.36. The van der Waals surface area contributed by atoms with Gasteiger partial charge < -0.3 is 10.6 Å². The first-order chi connectivity index (χ1) is 9.32. The third kappa shape index (κ3) is 3.16. The number of nitrogens with two attached hydrogens (primary N) is 1. The van der Waals surface area contributed by atoms with E-state index in [9.17, 15) is 8.42 Å². The lowest BCUT2D eigenvalue weighted by Gasteiger charge is -2.29. The van der Waals surface area contributed by atoms with Gasteiger partial charge in [0, 0.05) is 43.4 Å². The maximum absolute atomic E-state index is 12.7. The average Bonchev–Trinajstić information content (AvgIpc) is 2.39. The minimum atomic E-state index is -3.47. The lowest BCUT2D eigenvalue weighted by atomic mass is 10.1. The minimum absolute atomic E-state index is 0.109. The van der Waals surface area contributed by atoms with Crippen LogP contribution in [0.1, 0.15) is 12.8 Å². The van der Waals surface area contributed by atoms with Crippen molar-refractivity contribution in [1.82, 2.24) is 4.31 Å². The molecule has 0 bridgehead atoms. The number of anilines is 1. The monoisotopic (exact) mass is 361 g/mol. The van der Waals surface area contributed by atoms with Gasteiger partial charge in [-0.15, -0.1) is 0 Å². The van der Waals surface area contributed by atoms with E-state index >= 15 is 0 Å². The number of rotatable bonds is 3. The Morgan fingerprint density at radius 1 is 1.30 bits per heavy atom. The third-order valence-electron chi connectivity index (χ3n) is 3.55. The Kier molecular flexibility index (Phi) is 4.73. The summed E-state index contributed by atoms with van der Waals surface area (Å²) in [6.07, 6.45) is 1.43. The van der Waals surface area contributed by atoms with Crippen molar-refractivity contribution >= 4 is 31.6 Å². The maximum Gasteiger partial charge on any atom is 0.244 e. The molecule has 1 aliphatic heterocycles. The molecule has 0 radical (unpaired) electrons. The predicted octanol–water partition coefficient (Wildman–Crippen LogP) is 1.63. The zero-order valence-electron chi connectivity index (χ0n) is 11.7. The Morgan fingerprint density at radius 2 is 1.90 bits per heavy atom. The number of piperidine rings is 1. The van der Waals surface area contributed by atoms with Gasteiger partial charge in [0.15, 0.2) is 0 Å². The molecule has 0 aliphatic carbocycles. The maximum atomic E-state index is 12.7. The molecule has 1 saturated heterocycles. The molecule has 0 amide bonds. The van der Waals surface area contributed by atoms with Crippen LogP contribution in [0.5, 0.6) is 0 Å². The molecular formula is C13H20BrN3O2S. The number of hydrogen-bond acceptors (Lipinski definition) is 4. The first-order valence-corrected chi connectivity index (χ1v) is 8.78. The van der Waals surface area contributed by atoms with Crippen molar-refractivity contribution in [3.05, 3.63) is 22.7 Å². The highest BCUT2D eigenvalue weighted by Crippen LogP contribution is 2.30. The fraction of sp³-hybridized carbons (Fsp3) is 0.538. The van der Waals surface area contributed by atoms with Crippen molar-refractivity contribution in [3.8, 4) is 0 Å². The third-order valence-corrected chi connectivity index (χ3v) is 6.44. The topological polar surface area (TPSA) is 66.6 Å². The van der Waals surface area contributed by atoms with Gasteiger partial charge in [-0.2, -0.15) is 4.31 Å². The first-order valence-electron chi connectivity index (χ1n) is 6.55. The summed E-state index contributed by atoms with van der Waals surface area (Å²) in [5, 5.41) is 0. The number of halogens is 1.